The van der Waals surface area contributed by atoms with Gasteiger partial charge in [0.2, 0.25) is 0 Å². The first-order valence-corrected chi connectivity index (χ1v) is 10.6. The molecule has 1 N–H and O–H groups in total. The molecule has 0 spiro atoms. The minimum absolute atomic E-state index is 0.00744. The molecule has 2 aromatic heterocycles. The Morgan fingerprint density at radius 3 is 2.55 bits per heavy atom. The molecule has 0 radical (unpaired) electrons. The number of aromatic nitrogens is 2. The summed E-state index contributed by atoms with van der Waals surface area (Å²) in [5.74, 6) is 0.00744. The molecule has 31 heavy (non-hydrogen) atoms. The van der Waals surface area contributed by atoms with Crippen LogP contribution in [-0.4, -0.2) is 53.4 Å². The normalized spacial score (nSPS) is 13.9. The number of nitrogens with zero attached hydrogens (tertiary/aromatic N) is 3. The molecule has 5 heteroatoms. The summed E-state index contributed by atoms with van der Waals surface area (Å²) < 4.78 is 0. The number of likely N-dealkylation sites (N-methyl/N-ethyl adjacent to an activating group) is 1. The summed E-state index contributed by atoms with van der Waals surface area (Å²) in [6, 6.07) is 16.8. The van der Waals surface area contributed by atoms with Crippen LogP contribution in [0, 0.1) is 0 Å². The monoisotopic (exact) mass is 410 g/mol. The molecule has 2 aromatic carbocycles. The second-order valence-electron chi connectivity index (χ2n) is 8.57. The summed E-state index contributed by atoms with van der Waals surface area (Å²) in [4.78, 5) is 24.1. The van der Waals surface area contributed by atoms with Crippen molar-refractivity contribution in [1.29, 1.82) is 0 Å². The van der Waals surface area contributed by atoms with Crippen LogP contribution in [0.25, 0.3) is 33.3 Å². The summed E-state index contributed by atoms with van der Waals surface area (Å²) >= 11 is 0. The van der Waals surface area contributed by atoms with Crippen LogP contribution in [0.1, 0.15) is 21.5 Å². The van der Waals surface area contributed by atoms with E-state index in [0.717, 1.165) is 47.2 Å². The number of hydrogen-bond acceptors (Lipinski definition) is 3. The molecule has 0 fully saturated rings. The second kappa shape index (κ2) is 7.67. The number of H-pyrrole nitrogens is 1. The van der Waals surface area contributed by atoms with E-state index in [2.05, 4.69) is 46.2 Å². The molecule has 4 aromatic rings. The van der Waals surface area contributed by atoms with E-state index in [0.29, 0.717) is 5.56 Å². The van der Waals surface area contributed by atoms with Crippen LogP contribution in [0.4, 0.5) is 0 Å². The minimum Gasteiger partial charge on any atom is -0.346 e. The van der Waals surface area contributed by atoms with E-state index < -0.39 is 0 Å². The Balaban J connectivity index is 1.51. The Labute approximate surface area is 182 Å². The van der Waals surface area contributed by atoms with Crippen LogP contribution in [0.15, 0.2) is 60.9 Å². The molecule has 1 amide bonds. The molecule has 3 heterocycles. The fourth-order valence-electron chi connectivity index (χ4n) is 4.32. The molecular formula is C26H26N4O. The maximum absolute atomic E-state index is 12.2. The van der Waals surface area contributed by atoms with E-state index >= 15 is 0 Å². The first kappa shape index (κ1) is 19.5. The smallest absolute Gasteiger partial charge is 0.253 e. The average Bonchev–Trinajstić information content (AvgIpc) is 3.21. The molecule has 0 atom stereocenters. The Bertz CT molecular complexity index is 1270. The SMILES string of the molecule is CN1CCc2cc(-c3cnc4[nH]cc(-c5ccc(C(=O)N(C)C)cc5)c4c3)ccc2C1. The lowest BCUT2D eigenvalue weighted by atomic mass is 9.94. The summed E-state index contributed by atoms with van der Waals surface area (Å²) in [5.41, 5.74) is 8.89. The molecule has 0 bridgehead atoms. The fraction of sp³-hybridized carbons (Fsp3) is 0.231. The third kappa shape index (κ3) is 3.62. The number of carbonyl (C=O) groups is 1. The topological polar surface area (TPSA) is 52.2 Å². The first-order chi connectivity index (χ1) is 15.0. The third-order valence-corrected chi connectivity index (χ3v) is 6.12. The van der Waals surface area contributed by atoms with E-state index in [1.54, 1.807) is 19.0 Å². The van der Waals surface area contributed by atoms with Gasteiger partial charge in [-0.1, -0.05) is 30.3 Å². The van der Waals surface area contributed by atoms with Gasteiger partial charge in [0.25, 0.3) is 5.91 Å². The van der Waals surface area contributed by atoms with Crippen molar-refractivity contribution in [1.82, 2.24) is 19.8 Å². The zero-order valence-corrected chi connectivity index (χ0v) is 18.1. The van der Waals surface area contributed by atoms with Crippen LogP contribution in [0.3, 0.4) is 0 Å². The molecule has 0 aliphatic carbocycles. The predicted octanol–water partition coefficient (Wildman–Crippen LogP) is 4.59. The molecule has 0 unspecified atom stereocenters. The number of nitrogens with one attached hydrogen (secondary N) is 1. The molecule has 1 aliphatic rings. The van der Waals surface area contributed by atoms with Crippen molar-refractivity contribution >= 4 is 16.9 Å². The quantitative estimate of drug-likeness (QED) is 0.538. The lowest BCUT2D eigenvalue weighted by Crippen LogP contribution is -2.26. The number of fused-ring (bicyclic) bond motifs is 2. The number of carbonyl (C=O) groups excluding carboxylic acids is 1. The van der Waals surface area contributed by atoms with Gasteiger partial charge in [-0.2, -0.15) is 0 Å². The summed E-state index contributed by atoms with van der Waals surface area (Å²) in [5, 5.41) is 1.08. The highest BCUT2D eigenvalue weighted by atomic mass is 16.2. The van der Waals surface area contributed by atoms with Gasteiger partial charge in [0, 0.05) is 61.7 Å². The zero-order chi connectivity index (χ0) is 21.5. The zero-order valence-electron chi connectivity index (χ0n) is 18.1. The average molecular weight is 411 g/mol. The largest absolute Gasteiger partial charge is 0.346 e. The van der Waals surface area contributed by atoms with Gasteiger partial charge >= 0.3 is 0 Å². The summed E-state index contributed by atoms with van der Waals surface area (Å²) in [6.45, 7) is 2.11. The maximum atomic E-state index is 12.2. The molecular weight excluding hydrogens is 384 g/mol. The van der Waals surface area contributed by atoms with E-state index in [-0.39, 0.29) is 5.91 Å². The summed E-state index contributed by atoms with van der Waals surface area (Å²) in [6.07, 6.45) is 5.02. The number of pyridine rings is 1. The Kier molecular flexibility index (Phi) is 4.83. The second-order valence-corrected chi connectivity index (χ2v) is 8.57. The van der Waals surface area contributed by atoms with Crippen LogP contribution in [0.5, 0.6) is 0 Å². The van der Waals surface area contributed by atoms with Crippen molar-refractivity contribution in [2.24, 2.45) is 0 Å². The molecule has 1 aliphatic heterocycles. The number of hydrogen-bond donors (Lipinski definition) is 1. The van der Waals surface area contributed by atoms with Crippen molar-refractivity contribution in [3.8, 4) is 22.3 Å². The lowest BCUT2D eigenvalue weighted by molar-refractivity contribution is 0.0827. The minimum atomic E-state index is 0.00744. The summed E-state index contributed by atoms with van der Waals surface area (Å²) in [7, 11) is 5.70. The van der Waals surface area contributed by atoms with Crippen molar-refractivity contribution in [3.05, 3.63) is 77.6 Å². The van der Waals surface area contributed by atoms with Gasteiger partial charge in [-0.05, 0) is 53.9 Å². The van der Waals surface area contributed by atoms with Gasteiger partial charge in [-0.25, -0.2) is 4.98 Å². The molecule has 0 saturated heterocycles. The van der Waals surface area contributed by atoms with E-state index in [1.165, 1.54) is 16.7 Å². The van der Waals surface area contributed by atoms with E-state index in [9.17, 15) is 4.79 Å². The number of amides is 1. The van der Waals surface area contributed by atoms with Crippen LogP contribution < -0.4 is 0 Å². The Hall–Kier alpha value is -3.44. The lowest BCUT2D eigenvalue weighted by Gasteiger charge is -2.25. The van der Waals surface area contributed by atoms with Crippen LogP contribution in [0.2, 0.25) is 0 Å². The molecule has 5 nitrogen and oxygen atoms in total. The van der Waals surface area contributed by atoms with Crippen molar-refractivity contribution < 1.29 is 4.79 Å². The van der Waals surface area contributed by atoms with Crippen molar-refractivity contribution in [2.75, 3.05) is 27.7 Å². The maximum Gasteiger partial charge on any atom is 0.253 e. The number of benzene rings is 2. The van der Waals surface area contributed by atoms with Gasteiger partial charge in [0.05, 0.1) is 0 Å². The Morgan fingerprint density at radius 2 is 1.77 bits per heavy atom. The predicted molar refractivity (Wildman–Crippen MR) is 125 cm³/mol. The highest BCUT2D eigenvalue weighted by Gasteiger charge is 2.15. The van der Waals surface area contributed by atoms with Crippen molar-refractivity contribution in [3.63, 3.8) is 0 Å². The van der Waals surface area contributed by atoms with Gasteiger partial charge in [-0.3, -0.25) is 4.79 Å². The number of aromatic amines is 1. The fourth-order valence-corrected chi connectivity index (χ4v) is 4.32. The first-order valence-electron chi connectivity index (χ1n) is 10.6. The van der Waals surface area contributed by atoms with Crippen molar-refractivity contribution in [2.45, 2.75) is 13.0 Å². The molecule has 0 saturated carbocycles. The van der Waals surface area contributed by atoms with E-state index in [1.807, 2.05) is 36.7 Å². The molecule has 156 valence electrons. The van der Waals surface area contributed by atoms with Gasteiger partial charge in [-0.15, -0.1) is 0 Å². The Morgan fingerprint density at radius 1 is 1.00 bits per heavy atom. The highest BCUT2D eigenvalue weighted by Crippen LogP contribution is 2.32. The van der Waals surface area contributed by atoms with Crippen LogP contribution >= 0.6 is 0 Å². The number of rotatable bonds is 3. The molecule has 5 rings (SSSR count). The van der Waals surface area contributed by atoms with Gasteiger partial charge in [0.15, 0.2) is 0 Å². The van der Waals surface area contributed by atoms with Crippen LogP contribution in [-0.2, 0) is 13.0 Å². The van der Waals surface area contributed by atoms with E-state index in [4.69, 9.17) is 0 Å². The van der Waals surface area contributed by atoms with Gasteiger partial charge < -0.3 is 14.8 Å². The highest BCUT2D eigenvalue weighted by molar-refractivity contribution is 5.98. The van der Waals surface area contributed by atoms with Gasteiger partial charge in [0.1, 0.15) is 5.65 Å². The third-order valence-electron chi connectivity index (χ3n) is 6.12. The standard InChI is InChI=1S/C26H26N4O/c1-29(2)26(31)18-6-4-17(5-7-18)24-15-28-25-23(24)13-22(14-27-25)19-8-9-21-16-30(3)11-10-20(21)12-19/h4-9,12-15H,10-11,16H2,1-3H3,(H,27,28).